The normalized spacial score (nSPS) is 11.9. The molecule has 0 aliphatic heterocycles. The predicted octanol–water partition coefficient (Wildman–Crippen LogP) is 3.07. The molecule has 2 heteroatoms. The molecule has 0 spiro atoms. The lowest BCUT2D eigenvalue weighted by Gasteiger charge is -2.28. The van der Waals surface area contributed by atoms with E-state index in [1.807, 2.05) is 13.8 Å². The number of aryl methyl sites for hydroxylation is 2. The third-order valence-corrected chi connectivity index (χ3v) is 2.94. The van der Waals surface area contributed by atoms with Crippen LogP contribution in [0.3, 0.4) is 0 Å². The smallest absolute Gasteiger partial charge is 0.123 e. The average Bonchev–Trinajstić information content (AvgIpc) is 1.99. The van der Waals surface area contributed by atoms with Crippen LogP contribution < -0.4 is 5.73 Å². The van der Waals surface area contributed by atoms with Gasteiger partial charge >= 0.3 is 0 Å². The van der Waals surface area contributed by atoms with Crippen LogP contribution in [0.1, 0.15) is 37.0 Å². The van der Waals surface area contributed by atoms with Crippen LogP contribution in [0.5, 0.6) is 0 Å². The fraction of sp³-hybridized carbons (Fsp3) is 0.538. The van der Waals surface area contributed by atoms with E-state index in [4.69, 9.17) is 5.73 Å². The van der Waals surface area contributed by atoms with E-state index in [-0.39, 0.29) is 11.2 Å². The van der Waals surface area contributed by atoms with Gasteiger partial charge < -0.3 is 5.73 Å². The molecule has 0 atom stereocenters. The summed E-state index contributed by atoms with van der Waals surface area (Å²) >= 11 is 0. The summed E-state index contributed by atoms with van der Waals surface area (Å²) in [4.78, 5) is 0. The summed E-state index contributed by atoms with van der Waals surface area (Å²) in [5.41, 5.74) is 8.90. The van der Waals surface area contributed by atoms with Gasteiger partial charge in [-0.3, -0.25) is 0 Å². The first kappa shape index (κ1) is 12.2. The summed E-state index contributed by atoms with van der Waals surface area (Å²) in [6.07, 6.45) is 0.917. The summed E-state index contributed by atoms with van der Waals surface area (Å²) in [5, 5.41) is 0. The highest BCUT2D eigenvalue weighted by Crippen LogP contribution is 2.32. The highest BCUT2D eigenvalue weighted by atomic mass is 19.1. The van der Waals surface area contributed by atoms with Gasteiger partial charge in [-0.2, -0.15) is 0 Å². The Balaban J connectivity index is 3.24. The van der Waals surface area contributed by atoms with Gasteiger partial charge in [-0.05, 0) is 61.1 Å². The number of hydrogen-bond donors (Lipinski definition) is 1. The summed E-state index contributed by atoms with van der Waals surface area (Å²) in [5.74, 6) is -0.155. The molecule has 0 bridgehead atoms. The summed E-state index contributed by atoms with van der Waals surface area (Å²) in [6, 6.07) is 3.20. The van der Waals surface area contributed by atoms with Crippen LogP contribution >= 0.6 is 0 Å². The van der Waals surface area contributed by atoms with Crippen molar-refractivity contribution in [3.63, 3.8) is 0 Å². The maximum absolute atomic E-state index is 13.2. The Bertz CT molecular complexity index is 333. The Labute approximate surface area is 91.5 Å². The van der Waals surface area contributed by atoms with E-state index in [0.717, 1.165) is 17.5 Å². The third-order valence-electron chi connectivity index (χ3n) is 2.94. The maximum atomic E-state index is 13.2. The van der Waals surface area contributed by atoms with Crippen LogP contribution in [0, 0.1) is 19.7 Å². The van der Waals surface area contributed by atoms with Gasteiger partial charge in [0.2, 0.25) is 0 Å². The predicted molar refractivity (Wildman–Crippen MR) is 62.6 cm³/mol. The Hall–Kier alpha value is -0.890. The molecular weight excluding hydrogens is 189 g/mol. The Kier molecular flexibility index (Phi) is 3.50. The second-order valence-electron chi connectivity index (χ2n) is 4.84. The van der Waals surface area contributed by atoms with E-state index in [0.29, 0.717) is 6.54 Å². The topological polar surface area (TPSA) is 26.0 Å². The SMILES string of the molecule is Cc1cc(F)cc(C)c1C(C)(C)CCN. The highest BCUT2D eigenvalue weighted by Gasteiger charge is 2.23. The minimum atomic E-state index is -0.155. The third kappa shape index (κ3) is 2.57. The van der Waals surface area contributed by atoms with Gasteiger partial charge in [0.25, 0.3) is 0 Å². The fourth-order valence-corrected chi connectivity index (χ4v) is 2.46. The molecule has 1 rings (SSSR count). The van der Waals surface area contributed by atoms with Crippen molar-refractivity contribution in [2.45, 2.75) is 39.5 Å². The molecule has 0 saturated carbocycles. The summed E-state index contributed by atoms with van der Waals surface area (Å²) < 4.78 is 13.2. The molecule has 0 aliphatic carbocycles. The van der Waals surface area contributed by atoms with E-state index in [2.05, 4.69) is 13.8 Å². The second kappa shape index (κ2) is 4.31. The van der Waals surface area contributed by atoms with Crippen LogP contribution in [-0.4, -0.2) is 6.54 Å². The summed E-state index contributed by atoms with van der Waals surface area (Å²) in [6.45, 7) is 8.90. The molecule has 1 nitrogen and oxygen atoms in total. The van der Waals surface area contributed by atoms with Crippen molar-refractivity contribution in [1.82, 2.24) is 0 Å². The average molecular weight is 209 g/mol. The van der Waals surface area contributed by atoms with E-state index in [1.54, 1.807) is 12.1 Å². The van der Waals surface area contributed by atoms with Crippen molar-refractivity contribution < 1.29 is 4.39 Å². The number of rotatable bonds is 3. The Morgan fingerprint density at radius 1 is 1.20 bits per heavy atom. The van der Waals surface area contributed by atoms with Crippen LogP contribution in [0.25, 0.3) is 0 Å². The largest absolute Gasteiger partial charge is 0.330 e. The van der Waals surface area contributed by atoms with Gasteiger partial charge in [-0.25, -0.2) is 4.39 Å². The molecule has 0 amide bonds. The number of nitrogens with two attached hydrogens (primary N) is 1. The standard InChI is InChI=1S/C13H20FN/c1-9-7-11(14)8-10(2)12(9)13(3,4)5-6-15/h7-8H,5-6,15H2,1-4H3. The monoisotopic (exact) mass is 209 g/mol. The van der Waals surface area contributed by atoms with Gasteiger partial charge in [0, 0.05) is 0 Å². The lowest BCUT2D eigenvalue weighted by molar-refractivity contribution is 0.480. The second-order valence-corrected chi connectivity index (χ2v) is 4.84. The molecule has 1 aromatic carbocycles. The first-order valence-electron chi connectivity index (χ1n) is 5.36. The first-order chi connectivity index (χ1) is 6.88. The molecule has 0 heterocycles. The van der Waals surface area contributed by atoms with E-state index in [1.165, 1.54) is 5.56 Å². The number of benzene rings is 1. The maximum Gasteiger partial charge on any atom is 0.123 e. The van der Waals surface area contributed by atoms with Crippen LogP contribution in [0.4, 0.5) is 4.39 Å². The van der Waals surface area contributed by atoms with Crippen molar-refractivity contribution in [2.24, 2.45) is 5.73 Å². The number of hydrogen-bond acceptors (Lipinski definition) is 1. The molecule has 0 saturated heterocycles. The van der Waals surface area contributed by atoms with Crippen molar-refractivity contribution in [2.75, 3.05) is 6.54 Å². The number of halogens is 1. The van der Waals surface area contributed by atoms with E-state index in [9.17, 15) is 4.39 Å². The molecule has 0 aromatic heterocycles. The van der Waals surface area contributed by atoms with Gasteiger partial charge in [-0.1, -0.05) is 13.8 Å². The molecule has 0 aliphatic rings. The van der Waals surface area contributed by atoms with Gasteiger partial charge in [0.1, 0.15) is 5.82 Å². The molecule has 84 valence electrons. The zero-order chi connectivity index (χ0) is 11.6. The molecular formula is C13H20FN. The minimum absolute atomic E-state index is 0.0244. The highest BCUT2D eigenvalue weighted by molar-refractivity contribution is 5.39. The first-order valence-corrected chi connectivity index (χ1v) is 5.36. The Morgan fingerprint density at radius 3 is 2.07 bits per heavy atom. The van der Waals surface area contributed by atoms with E-state index >= 15 is 0 Å². The molecule has 15 heavy (non-hydrogen) atoms. The van der Waals surface area contributed by atoms with Gasteiger partial charge in [-0.15, -0.1) is 0 Å². The van der Waals surface area contributed by atoms with E-state index < -0.39 is 0 Å². The van der Waals surface area contributed by atoms with Gasteiger partial charge in [0.15, 0.2) is 0 Å². The van der Waals surface area contributed by atoms with Crippen LogP contribution in [-0.2, 0) is 5.41 Å². The lowest BCUT2D eigenvalue weighted by atomic mass is 9.77. The van der Waals surface area contributed by atoms with Crippen molar-refractivity contribution in [3.05, 3.63) is 34.6 Å². The van der Waals surface area contributed by atoms with Crippen LogP contribution in [0.15, 0.2) is 12.1 Å². The van der Waals surface area contributed by atoms with Crippen LogP contribution in [0.2, 0.25) is 0 Å². The zero-order valence-corrected chi connectivity index (χ0v) is 10.0. The lowest BCUT2D eigenvalue weighted by Crippen LogP contribution is -2.24. The Morgan fingerprint density at radius 2 is 1.67 bits per heavy atom. The molecule has 2 N–H and O–H groups in total. The van der Waals surface area contributed by atoms with Crippen molar-refractivity contribution in [1.29, 1.82) is 0 Å². The van der Waals surface area contributed by atoms with Crippen molar-refractivity contribution in [3.8, 4) is 0 Å². The fourth-order valence-electron chi connectivity index (χ4n) is 2.46. The minimum Gasteiger partial charge on any atom is -0.330 e. The molecule has 0 fully saturated rings. The zero-order valence-electron chi connectivity index (χ0n) is 10.0. The quantitative estimate of drug-likeness (QED) is 0.813. The van der Waals surface area contributed by atoms with Crippen molar-refractivity contribution >= 4 is 0 Å². The van der Waals surface area contributed by atoms with Gasteiger partial charge in [0.05, 0.1) is 0 Å². The molecule has 0 unspecified atom stereocenters. The molecule has 1 aromatic rings. The molecule has 0 radical (unpaired) electrons. The summed E-state index contributed by atoms with van der Waals surface area (Å²) in [7, 11) is 0.